The van der Waals surface area contributed by atoms with Crippen LogP contribution in [0.1, 0.15) is 26.7 Å². The van der Waals surface area contributed by atoms with Crippen LogP contribution in [0.4, 0.5) is 0 Å². The van der Waals surface area contributed by atoms with Crippen molar-refractivity contribution in [2.24, 2.45) is 0 Å². The van der Waals surface area contributed by atoms with Crippen LogP contribution >= 0.6 is 0 Å². The molecule has 0 aliphatic carbocycles. The molecule has 0 bridgehead atoms. The molecular formula is C6H10N. The van der Waals surface area contributed by atoms with Crippen molar-refractivity contribution < 1.29 is 0 Å². The van der Waals surface area contributed by atoms with Crippen molar-refractivity contribution in [2.75, 3.05) is 0 Å². The van der Waals surface area contributed by atoms with Crippen molar-refractivity contribution in [3.63, 3.8) is 0 Å². The third-order valence-corrected chi connectivity index (χ3v) is 0.816. The lowest BCUT2D eigenvalue weighted by Gasteiger charge is -1.91. The largest absolute Gasteiger partial charge is 0.198 e. The van der Waals surface area contributed by atoms with E-state index in [9.17, 15) is 0 Å². The molecule has 0 aromatic heterocycles. The second-order valence-corrected chi connectivity index (χ2v) is 1.64. The molecule has 0 fully saturated rings. The standard InChI is InChI=1S/C6H10N/c1-3-4-6(2)5-7/h3-4H2,1-2H3. The summed E-state index contributed by atoms with van der Waals surface area (Å²) in [7, 11) is 0. The first-order chi connectivity index (χ1) is 3.31. The zero-order valence-corrected chi connectivity index (χ0v) is 4.86. The highest BCUT2D eigenvalue weighted by Crippen LogP contribution is 2.03. The van der Waals surface area contributed by atoms with E-state index in [0.717, 1.165) is 18.8 Å². The van der Waals surface area contributed by atoms with Crippen LogP contribution in [0.2, 0.25) is 0 Å². The van der Waals surface area contributed by atoms with Gasteiger partial charge in [-0.25, -0.2) is 0 Å². The van der Waals surface area contributed by atoms with E-state index in [2.05, 4.69) is 13.0 Å². The lowest BCUT2D eigenvalue weighted by atomic mass is 10.1. The first-order valence-electron chi connectivity index (χ1n) is 2.53. The molecule has 0 saturated carbocycles. The Balaban J connectivity index is 3.04. The Morgan fingerprint density at radius 1 is 1.71 bits per heavy atom. The molecule has 0 atom stereocenters. The highest BCUT2D eigenvalue weighted by atomic mass is 14.2. The molecule has 0 saturated heterocycles. The van der Waals surface area contributed by atoms with Crippen LogP contribution < -0.4 is 0 Å². The molecule has 7 heavy (non-hydrogen) atoms. The fourth-order valence-corrected chi connectivity index (χ4v) is 0.431. The quantitative estimate of drug-likeness (QED) is 0.515. The number of nitriles is 1. The topological polar surface area (TPSA) is 23.8 Å². The monoisotopic (exact) mass is 96.1 g/mol. The Kier molecular flexibility index (Phi) is 3.40. The van der Waals surface area contributed by atoms with Crippen LogP contribution in [0.25, 0.3) is 0 Å². The summed E-state index contributed by atoms with van der Waals surface area (Å²) in [5.41, 5.74) is 0. The van der Waals surface area contributed by atoms with Crippen molar-refractivity contribution >= 4 is 0 Å². The molecule has 1 radical (unpaired) electrons. The lowest BCUT2D eigenvalue weighted by molar-refractivity contribution is 0.848. The Bertz CT molecular complexity index is 70.7. The van der Waals surface area contributed by atoms with Gasteiger partial charge in [0.2, 0.25) is 0 Å². The SMILES string of the molecule is CCC[C](C)C#N. The summed E-state index contributed by atoms with van der Waals surface area (Å²) in [6, 6.07) is 2.08. The van der Waals surface area contributed by atoms with E-state index in [4.69, 9.17) is 5.26 Å². The third-order valence-electron chi connectivity index (χ3n) is 0.816. The smallest absolute Gasteiger partial charge is 0.0729 e. The van der Waals surface area contributed by atoms with Crippen LogP contribution in [-0.2, 0) is 0 Å². The van der Waals surface area contributed by atoms with Gasteiger partial charge in [0, 0.05) is 0 Å². The van der Waals surface area contributed by atoms with Crippen LogP contribution in [0.5, 0.6) is 0 Å². The minimum absolute atomic E-state index is 0.933. The van der Waals surface area contributed by atoms with Gasteiger partial charge >= 0.3 is 0 Å². The fraction of sp³-hybridized carbons (Fsp3) is 0.667. The molecule has 1 nitrogen and oxygen atoms in total. The minimum Gasteiger partial charge on any atom is -0.198 e. The Morgan fingerprint density at radius 2 is 2.29 bits per heavy atom. The molecular weight excluding hydrogens is 86.1 g/mol. The molecule has 0 aromatic rings. The average Bonchev–Trinajstić information content (AvgIpc) is 1.68. The first kappa shape index (κ1) is 6.49. The molecule has 0 aliphatic rings. The summed E-state index contributed by atoms with van der Waals surface area (Å²) in [6.45, 7) is 3.93. The number of rotatable bonds is 2. The zero-order valence-electron chi connectivity index (χ0n) is 4.86. The zero-order chi connectivity index (χ0) is 5.70. The third kappa shape index (κ3) is 3.32. The number of hydrogen-bond donors (Lipinski definition) is 0. The summed E-state index contributed by atoms with van der Waals surface area (Å²) in [4.78, 5) is 0. The normalized spacial score (nSPS) is 8.86. The van der Waals surface area contributed by atoms with E-state index in [1.807, 2.05) is 6.92 Å². The molecule has 0 amide bonds. The van der Waals surface area contributed by atoms with Gasteiger partial charge in [0.1, 0.15) is 0 Å². The summed E-state index contributed by atoms with van der Waals surface area (Å²) < 4.78 is 0. The van der Waals surface area contributed by atoms with Crippen molar-refractivity contribution in [3.8, 4) is 6.07 Å². The second kappa shape index (κ2) is 3.67. The van der Waals surface area contributed by atoms with Gasteiger partial charge in [-0.1, -0.05) is 13.3 Å². The molecule has 1 heteroatoms. The Morgan fingerprint density at radius 3 is 2.43 bits per heavy atom. The van der Waals surface area contributed by atoms with Gasteiger partial charge in [-0.2, -0.15) is 5.26 Å². The maximum Gasteiger partial charge on any atom is 0.0729 e. The number of hydrogen-bond acceptors (Lipinski definition) is 1. The average molecular weight is 96.2 g/mol. The molecule has 0 aliphatic heterocycles. The maximum atomic E-state index is 8.18. The van der Waals surface area contributed by atoms with E-state index in [1.165, 1.54) is 0 Å². The maximum absolute atomic E-state index is 8.18. The van der Waals surface area contributed by atoms with Crippen molar-refractivity contribution in [2.45, 2.75) is 26.7 Å². The summed E-state index contributed by atoms with van der Waals surface area (Å²) in [5.74, 6) is 0.933. The van der Waals surface area contributed by atoms with Crippen LogP contribution in [0.3, 0.4) is 0 Å². The fourth-order valence-electron chi connectivity index (χ4n) is 0.431. The molecule has 0 rings (SSSR count). The molecule has 39 valence electrons. The Hall–Kier alpha value is -0.510. The van der Waals surface area contributed by atoms with Gasteiger partial charge < -0.3 is 0 Å². The van der Waals surface area contributed by atoms with Crippen LogP contribution in [0.15, 0.2) is 0 Å². The van der Waals surface area contributed by atoms with Gasteiger partial charge in [0.05, 0.1) is 12.0 Å². The van der Waals surface area contributed by atoms with Gasteiger partial charge in [0.15, 0.2) is 0 Å². The highest BCUT2D eigenvalue weighted by molar-refractivity contribution is 5.06. The van der Waals surface area contributed by atoms with Gasteiger partial charge in [-0.15, -0.1) is 0 Å². The summed E-state index contributed by atoms with van der Waals surface area (Å²) in [5, 5.41) is 8.18. The molecule has 0 heterocycles. The highest BCUT2D eigenvalue weighted by Gasteiger charge is 1.94. The van der Waals surface area contributed by atoms with Gasteiger partial charge in [-0.05, 0) is 13.3 Å². The van der Waals surface area contributed by atoms with Gasteiger partial charge in [-0.3, -0.25) is 0 Å². The Labute approximate surface area is 45.0 Å². The predicted molar refractivity (Wildman–Crippen MR) is 29.4 cm³/mol. The van der Waals surface area contributed by atoms with E-state index in [0.29, 0.717) is 0 Å². The summed E-state index contributed by atoms with van der Waals surface area (Å²) in [6.07, 6.45) is 2.04. The number of nitrogens with zero attached hydrogens (tertiary/aromatic N) is 1. The van der Waals surface area contributed by atoms with Crippen molar-refractivity contribution in [3.05, 3.63) is 5.92 Å². The van der Waals surface area contributed by atoms with E-state index >= 15 is 0 Å². The molecule has 0 spiro atoms. The molecule has 0 N–H and O–H groups in total. The molecule has 0 aromatic carbocycles. The van der Waals surface area contributed by atoms with Crippen molar-refractivity contribution in [1.29, 1.82) is 5.26 Å². The van der Waals surface area contributed by atoms with E-state index < -0.39 is 0 Å². The first-order valence-corrected chi connectivity index (χ1v) is 2.53. The van der Waals surface area contributed by atoms with Crippen LogP contribution in [-0.4, -0.2) is 0 Å². The van der Waals surface area contributed by atoms with Gasteiger partial charge in [0.25, 0.3) is 0 Å². The van der Waals surface area contributed by atoms with E-state index in [1.54, 1.807) is 0 Å². The second-order valence-electron chi connectivity index (χ2n) is 1.64. The lowest BCUT2D eigenvalue weighted by Crippen LogP contribution is -1.82. The molecule has 0 unspecified atom stereocenters. The van der Waals surface area contributed by atoms with Crippen LogP contribution in [0, 0.1) is 17.2 Å². The van der Waals surface area contributed by atoms with E-state index in [-0.39, 0.29) is 0 Å². The minimum atomic E-state index is 0.933. The predicted octanol–water partition coefficient (Wildman–Crippen LogP) is 1.90. The van der Waals surface area contributed by atoms with Crippen molar-refractivity contribution in [1.82, 2.24) is 0 Å². The summed E-state index contributed by atoms with van der Waals surface area (Å²) >= 11 is 0.